The minimum absolute atomic E-state index is 0.262. The van der Waals surface area contributed by atoms with E-state index in [0.717, 1.165) is 21.8 Å². The Kier molecular flexibility index (Phi) is 2.90. The second-order valence-electron chi connectivity index (χ2n) is 6.26. The number of rotatable bonds is 1. The number of imide groups is 1. The Morgan fingerprint density at radius 1 is 1.12 bits per heavy atom. The van der Waals surface area contributed by atoms with Gasteiger partial charge in [0.05, 0.1) is 0 Å². The van der Waals surface area contributed by atoms with Gasteiger partial charge in [-0.05, 0) is 31.5 Å². The fourth-order valence-corrected chi connectivity index (χ4v) is 3.35. The highest BCUT2D eigenvalue weighted by atomic mass is 16.2. The molecule has 0 saturated carbocycles. The number of aromatic nitrogens is 2. The van der Waals surface area contributed by atoms with Crippen molar-refractivity contribution in [3.05, 3.63) is 41.7 Å². The van der Waals surface area contributed by atoms with Crippen LogP contribution in [-0.4, -0.2) is 46.2 Å². The number of aryl methyl sites for hydroxylation is 2. The Balaban J connectivity index is 1.92. The van der Waals surface area contributed by atoms with Crippen LogP contribution >= 0.6 is 0 Å². The Labute approximate surface area is 139 Å². The first-order chi connectivity index (χ1) is 11.4. The SMILES string of the molecule is Cc1cccc(-n2c(C)c[n+]3c2N=C2C3C(=O)N(C)C(=O)N2C)c1. The summed E-state index contributed by atoms with van der Waals surface area (Å²) in [6, 6.07) is 7.15. The summed E-state index contributed by atoms with van der Waals surface area (Å²) in [5.41, 5.74) is 3.11. The van der Waals surface area contributed by atoms with E-state index in [1.807, 2.05) is 47.4 Å². The molecule has 1 atom stereocenters. The van der Waals surface area contributed by atoms with Gasteiger partial charge in [0.2, 0.25) is 11.9 Å². The van der Waals surface area contributed by atoms with Crippen LogP contribution in [0.15, 0.2) is 35.5 Å². The van der Waals surface area contributed by atoms with Crippen LogP contribution in [0.25, 0.3) is 5.69 Å². The lowest BCUT2D eigenvalue weighted by Gasteiger charge is -2.30. The Hall–Kier alpha value is -2.96. The number of hydrogen-bond acceptors (Lipinski definition) is 3. The van der Waals surface area contributed by atoms with Crippen LogP contribution in [0.1, 0.15) is 17.3 Å². The maximum Gasteiger partial charge on any atom is 0.406 e. The van der Waals surface area contributed by atoms with Crippen molar-refractivity contribution in [1.29, 1.82) is 0 Å². The summed E-state index contributed by atoms with van der Waals surface area (Å²) in [7, 11) is 3.15. The predicted molar refractivity (Wildman–Crippen MR) is 87.5 cm³/mol. The van der Waals surface area contributed by atoms with E-state index in [1.165, 1.54) is 11.9 Å². The molecule has 2 aliphatic rings. The van der Waals surface area contributed by atoms with Crippen LogP contribution in [0.5, 0.6) is 0 Å². The average Bonchev–Trinajstić information content (AvgIpc) is 3.05. The number of nitrogens with zero attached hydrogens (tertiary/aromatic N) is 5. The van der Waals surface area contributed by atoms with Gasteiger partial charge in [0.25, 0.3) is 5.91 Å². The molecule has 0 radical (unpaired) electrons. The Morgan fingerprint density at radius 3 is 2.58 bits per heavy atom. The number of benzene rings is 1. The van der Waals surface area contributed by atoms with Gasteiger partial charge in [-0.25, -0.2) is 9.36 Å². The molecule has 0 bridgehead atoms. The normalized spacial score (nSPS) is 19.5. The number of amidine groups is 1. The van der Waals surface area contributed by atoms with E-state index >= 15 is 0 Å². The van der Waals surface area contributed by atoms with Gasteiger partial charge in [-0.2, -0.15) is 4.57 Å². The van der Waals surface area contributed by atoms with Crippen molar-refractivity contribution in [1.82, 2.24) is 14.4 Å². The van der Waals surface area contributed by atoms with Crippen molar-refractivity contribution in [3.63, 3.8) is 0 Å². The van der Waals surface area contributed by atoms with Crippen molar-refractivity contribution in [2.75, 3.05) is 14.1 Å². The van der Waals surface area contributed by atoms with Crippen LogP contribution in [0.4, 0.5) is 10.7 Å². The van der Waals surface area contributed by atoms with Gasteiger partial charge < -0.3 is 0 Å². The lowest BCUT2D eigenvalue weighted by atomic mass is 10.2. The minimum atomic E-state index is -0.586. The van der Waals surface area contributed by atoms with Gasteiger partial charge in [0.1, 0.15) is 17.6 Å². The standard InChI is InChI=1S/C17H18N5O2/c1-10-6-5-7-12(8-10)22-11(2)9-21-13-14(18-16(21)22)19(3)17(24)20(4)15(13)23/h5-9,13H,1-4H3/q+1. The van der Waals surface area contributed by atoms with E-state index in [2.05, 4.69) is 11.1 Å². The fraction of sp³-hybridized carbons (Fsp3) is 0.294. The van der Waals surface area contributed by atoms with Gasteiger partial charge in [0.15, 0.2) is 0 Å². The molecule has 2 aromatic rings. The molecule has 3 amide bonds. The van der Waals surface area contributed by atoms with Gasteiger partial charge in [-0.1, -0.05) is 17.1 Å². The van der Waals surface area contributed by atoms with E-state index in [4.69, 9.17) is 0 Å². The van der Waals surface area contributed by atoms with Crippen molar-refractivity contribution in [3.8, 4) is 5.69 Å². The third-order valence-corrected chi connectivity index (χ3v) is 4.59. The smallest absolute Gasteiger partial charge is 0.270 e. The lowest BCUT2D eigenvalue weighted by Crippen LogP contribution is -2.61. The second-order valence-corrected chi connectivity index (χ2v) is 6.26. The molecule has 7 nitrogen and oxygen atoms in total. The molecule has 1 aromatic heterocycles. The molecule has 0 aliphatic carbocycles. The summed E-state index contributed by atoms with van der Waals surface area (Å²) in [4.78, 5) is 32.0. The van der Waals surface area contributed by atoms with E-state index < -0.39 is 6.04 Å². The van der Waals surface area contributed by atoms with Crippen molar-refractivity contribution in [2.45, 2.75) is 19.9 Å². The van der Waals surface area contributed by atoms with Crippen LogP contribution < -0.4 is 4.57 Å². The summed E-state index contributed by atoms with van der Waals surface area (Å²) in [5.74, 6) is 0.864. The van der Waals surface area contributed by atoms with Crippen molar-refractivity contribution in [2.24, 2.45) is 4.99 Å². The van der Waals surface area contributed by atoms with Gasteiger partial charge in [-0.3, -0.25) is 14.6 Å². The van der Waals surface area contributed by atoms with Gasteiger partial charge in [-0.15, -0.1) is 0 Å². The molecule has 1 aromatic carbocycles. The van der Waals surface area contributed by atoms with Gasteiger partial charge >= 0.3 is 12.0 Å². The van der Waals surface area contributed by atoms with E-state index in [1.54, 1.807) is 7.05 Å². The molecule has 0 N–H and O–H groups in total. The number of aliphatic imine (C=N–C) groups is 1. The first-order valence-corrected chi connectivity index (χ1v) is 7.74. The van der Waals surface area contributed by atoms with Crippen molar-refractivity contribution < 1.29 is 14.2 Å². The minimum Gasteiger partial charge on any atom is -0.270 e. The number of fused-ring (bicyclic) bond motifs is 3. The van der Waals surface area contributed by atoms with E-state index in [0.29, 0.717) is 11.8 Å². The Morgan fingerprint density at radius 2 is 1.88 bits per heavy atom. The summed E-state index contributed by atoms with van der Waals surface area (Å²) >= 11 is 0. The molecule has 1 fully saturated rings. The third-order valence-electron chi connectivity index (χ3n) is 4.59. The maximum absolute atomic E-state index is 12.6. The molecule has 4 rings (SSSR count). The average molecular weight is 324 g/mol. The zero-order valence-electron chi connectivity index (χ0n) is 14.0. The fourth-order valence-electron chi connectivity index (χ4n) is 3.35. The Bertz CT molecular complexity index is 927. The molecular weight excluding hydrogens is 306 g/mol. The number of imidazole rings is 1. The van der Waals surface area contributed by atoms with E-state index in [-0.39, 0.29) is 11.9 Å². The topological polar surface area (TPSA) is 61.8 Å². The van der Waals surface area contributed by atoms with Gasteiger partial charge in [0, 0.05) is 14.1 Å². The summed E-state index contributed by atoms with van der Waals surface area (Å²) in [5, 5.41) is 0. The van der Waals surface area contributed by atoms with Crippen LogP contribution in [-0.2, 0) is 4.79 Å². The summed E-state index contributed by atoms with van der Waals surface area (Å²) in [6.45, 7) is 4.01. The van der Waals surface area contributed by atoms with Crippen molar-refractivity contribution >= 4 is 23.7 Å². The highest BCUT2D eigenvalue weighted by molar-refractivity contribution is 6.18. The maximum atomic E-state index is 12.6. The molecule has 3 heterocycles. The molecule has 24 heavy (non-hydrogen) atoms. The summed E-state index contributed by atoms with van der Waals surface area (Å²) < 4.78 is 3.85. The summed E-state index contributed by atoms with van der Waals surface area (Å²) in [6.07, 6.45) is 1.91. The molecule has 7 heteroatoms. The van der Waals surface area contributed by atoms with E-state index in [9.17, 15) is 9.59 Å². The molecule has 122 valence electrons. The largest absolute Gasteiger partial charge is 0.406 e. The zero-order valence-corrected chi connectivity index (χ0v) is 14.0. The number of carbonyl (C=O) groups excluding carboxylic acids is 2. The number of amides is 3. The number of carbonyl (C=O) groups is 2. The molecule has 2 aliphatic heterocycles. The molecule has 1 saturated heterocycles. The highest BCUT2D eigenvalue weighted by Gasteiger charge is 2.52. The zero-order chi connectivity index (χ0) is 17.2. The van der Waals surface area contributed by atoms with Crippen LogP contribution in [0, 0.1) is 13.8 Å². The predicted octanol–water partition coefficient (Wildman–Crippen LogP) is 1.49. The number of likely N-dealkylation sites (N-methyl/N-ethyl adjacent to an activating group) is 2. The lowest BCUT2D eigenvalue weighted by molar-refractivity contribution is -0.676. The number of urea groups is 1. The van der Waals surface area contributed by atoms with Crippen LogP contribution in [0.3, 0.4) is 0 Å². The molecule has 1 unspecified atom stereocenters. The second kappa shape index (κ2) is 4.77. The first-order valence-electron chi connectivity index (χ1n) is 7.74. The molecular formula is C17H18N5O2+. The van der Waals surface area contributed by atoms with Crippen LogP contribution in [0.2, 0.25) is 0 Å². The third kappa shape index (κ3) is 1.78. The highest BCUT2D eigenvalue weighted by Crippen LogP contribution is 2.30. The number of hydrogen-bond donors (Lipinski definition) is 0. The monoisotopic (exact) mass is 324 g/mol. The molecule has 0 spiro atoms. The first kappa shape index (κ1) is 14.6. The quantitative estimate of drug-likeness (QED) is 0.746.